The molecule has 0 saturated heterocycles. The van der Waals surface area contributed by atoms with Crippen molar-refractivity contribution in [2.24, 2.45) is 0 Å². The first-order valence-electron chi connectivity index (χ1n) is 23.9. The van der Waals surface area contributed by atoms with E-state index in [0.29, 0.717) is 67.9 Å². The molecule has 5 heterocycles. The summed E-state index contributed by atoms with van der Waals surface area (Å²) in [7, 11) is 0. The van der Waals surface area contributed by atoms with Gasteiger partial charge < -0.3 is 32.9 Å². The fraction of sp³-hybridized carbons (Fsp3) is 0. The van der Waals surface area contributed by atoms with Crippen LogP contribution < -0.4 is 22.9 Å². The molecular weight excluding hydrogens is 953 g/mol. The number of fused-ring (bicyclic) bond motifs is 20. The predicted molar refractivity (Wildman–Crippen MR) is 293 cm³/mol. The highest BCUT2D eigenvalue weighted by Gasteiger charge is 2.38. The van der Waals surface area contributed by atoms with Crippen molar-refractivity contribution in [2.45, 2.75) is 0 Å². The zero-order valence-corrected chi connectivity index (χ0v) is 39.8. The van der Waals surface area contributed by atoms with Crippen LogP contribution in [0.1, 0.15) is 63.7 Å². The molecule has 8 aromatic carbocycles. The quantitative estimate of drug-likeness (QED) is 0.0610. The third kappa shape index (κ3) is 7.31. The van der Waals surface area contributed by atoms with Gasteiger partial charge in [0.15, 0.2) is 46.4 Å². The van der Waals surface area contributed by atoms with Crippen molar-refractivity contribution in [3.05, 3.63) is 214 Å². The van der Waals surface area contributed by atoms with Crippen LogP contribution in [0.3, 0.4) is 0 Å². The lowest BCUT2D eigenvalue weighted by Crippen LogP contribution is -2.22. The molecule has 10 N–H and O–H groups in total. The van der Waals surface area contributed by atoms with Crippen molar-refractivity contribution >= 4 is 90.0 Å². The average molecular weight is 991 g/mol. The van der Waals surface area contributed by atoms with Crippen LogP contribution in [0.4, 0.5) is 22.7 Å². The second-order valence-corrected chi connectivity index (χ2v) is 18.3. The summed E-state index contributed by atoms with van der Waals surface area (Å²) in [5, 5.41) is 1.51. The van der Waals surface area contributed by atoms with Crippen LogP contribution in [-0.4, -0.2) is 63.0 Å². The van der Waals surface area contributed by atoms with Gasteiger partial charge in [-0.3, -0.25) is 19.2 Å². The molecule has 11 aromatic rings. The van der Waals surface area contributed by atoms with E-state index in [2.05, 4.69) is 9.97 Å². The van der Waals surface area contributed by atoms with Crippen LogP contribution in [0.25, 0.3) is 89.7 Å². The molecule has 0 aliphatic carbocycles. The van der Waals surface area contributed by atoms with Crippen LogP contribution in [0.15, 0.2) is 170 Å². The third-order valence-corrected chi connectivity index (χ3v) is 13.6. The van der Waals surface area contributed by atoms with Crippen molar-refractivity contribution < 1.29 is 19.2 Å². The summed E-state index contributed by atoms with van der Waals surface area (Å²) in [6.45, 7) is 0. The fourth-order valence-electron chi connectivity index (χ4n) is 9.92. The SMILES string of the molecule is Nc1ccc(C(=O)c2c(C(=O)c3ccc(N)cc3)c(C(=O)c3ccc(N)cc3)c3c4nc5nc(nc6[nH]c(nc7nc(nc([nH]4)c3c2C(=O)c2ccc(N)cc2)-c2ccccc2-7)c2ccccc62)-c2ccccc2-5)cc1. The maximum Gasteiger partial charge on any atom is 0.194 e. The Kier molecular flexibility index (Phi) is 10.3. The number of aromatic nitrogens is 8. The average Bonchev–Trinajstić information content (AvgIpc) is 4.31. The van der Waals surface area contributed by atoms with E-state index < -0.39 is 34.3 Å². The van der Waals surface area contributed by atoms with Crippen molar-refractivity contribution in [1.82, 2.24) is 39.9 Å². The number of benzene rings is 8. The number of aromatic amines is 2. The number of hydrogen-bond acceptors (Lipinski definition) is 14. The molecule has 16 nitrogen and oxygen atoms in total. The van der Waals surface area contributed by atoms with E-state index in [1.807, 2.05) is 72.8 Å². The number of anilines is 4. The van der Waals surface area contributed by atoms with Crippen molar-refractivity contribution in [2.75, 3.05) is 22.9 Å². The Labute approximate surface area is 430 Å². The molecule has 0 saturated carbocycles. The Morgan fingerprint density at radius 2 is 0.539 bits per heavy atom. The number of H-pyrrole nitrogens is 2. The van der Waals surface area contributed by atoms with Crippen molar-refractivity contribution in [1.29, 1.82) is 0 Å². The molecule has 2 aliphatic rings. The summed E-state index contributed by atoms with van der Waals surface area (Å²) in [6.07, 6.45) is 0. The fourth-order valence-corrected chi connectivity index (χ4v) is 9.92. The van der Waals surface area contributed by atoms with Gasteiger partial charge in [0.05, 0.1) is 0 Å². The maximum atomic E-state index is 16.0. The van der Waals surface area contributed by atoms with E-state index in [9.17, 15) is 0 Å². The lowest BCUT2D eigenvalue weighted by atomic mass is 9.79. The number of nitrogens with zero attached hydrogens (tertiary/aromatic N) is 6. The molecule has 13 rings (SSSR count). The lowest BCUT2D eigenvalue weighted by Gasteiger charge is -2.20. The van der Waals surface area contributed by atoms with E-state index in [4.69, 9.17) is 52.8 Å². The smallest absolute Gasteiger partial charge is 0.194 e. The lowest BCUT2D eigenvalue weighted by molar-refractivity contribution is 0.0983. The number of nitrogen functional groups attached to an aromatic ring is 4. The van der Waals surface area contributed by atoms with Gasteiger partial charge in [0.25, 0.3) is 0 Å². The first-order chi connectivity index (χ1) is 37.0. The molecule has 0 radical (unpaired) electrons. The summed E-state index contributed by atoms with van der Waals surface area (Å²) >= 11 is 0. The van der Waals surface area contributed by atoms with E-state index in [0.717, 1.165) is 10.8 Å². The number of hydrogen-bond donors (Lipinski definition) is 6. The number of nitrogens with one attached hydrogen (secondary N) is 2. The van der Waals surface area contributed by atoms with Gasteiger partial charge in [-0.1, -0.05) is 72.8 Å². The molecule has 0 spiro atoms. The van der Waals surface area contributed by atoms with Gasteiger partial charge in [-0.15, -0.1) is 0 Å². The summed E-state index contributed by atoms with van der Waals surface area (Å²) < 4.78 is 0. The minimum absolute atomic E-state index is 0.0257. The highest BCUT2D eigenvalue weighted by Crippen LogP contribution is 2.43. The Morgan fingerprint density at radius 3 is 0.842 bits per heavy atom. The maximum absolute atomic E-state index is 16.0. The molecule has 0 atom stereocenters. The van der Waals surface area contributed by atoms with Gasteiger partial charge in [0, 0.05) is 111 Å². The molecule has 362 valence electrons. The van der Waals surface area contributed by atoms with Crippen molar-refractivity contribution in [3.63, 3.8) is 0 Å². The van der Waals surface area contributed by atoms with Crippen LogP contribution in [0.5, 0.6) is 0 Å². The number of rotatable bonds is 8. The molecule has 0 unspecified atom stereocenters. The van der Waals surface area contributed by atoms with Crippen LogP contribution in [0, 0.1) is 0 Å². The monoisotopic (exact) mass is 990 g/mol. The topological polar surface area (TPSA) is 281 Å². The largest absolute Gasteiger partial charge is 0.399 e. The molecule has 0 amide bonds. The normalized spacial score (nSPS) is 11.6. The number of nitrogens with two attached hydrogens (primary N) is 4. The molecular formula is C60H38N12O4. The molecule has 2 aliphatic heterocycles. The minimum atomic E-state index is -0.778. The van der Waals surface area contributed by atoms with Crippen LogP contribution >= 0.6 is 0 Å². The first kappa shape index (κ1) is 44.9. The van der Waals surface area contributed by atoms with Gasteiger partial charge in [-0.25, -0.2) is 29.9 Å². The third-order valence-electron chi connectivity index (χ3n) is 13.6. The summed E-state index contributed by atoms with van der Waals surface area (Å²) in [6, 6.07) is 46.9. The van der Waals surface area contributed by atoms with Crippen molar-refractivity contribution in [3.8, 4) is 45.6 Å². The molecule has 0 fully saturated rings. The molecule has 3 aromatic heterocycles. The zero-order chi connectivity index (χ0) is 51.9. The molecule has 8 bridgehead atoms. The zero-order valence-electron chi connectivity index (χ0n) is 39.8. The van der Waals surface area contributed by atoms with E-state index in [-0.39, 0.29) is 67.1 Å². The van der Waals surface area contributed by atoms with E-state index in [1.165, 1.54) is 72.8 Å². The van der Waals surface area contributed by atoms with Gasteiger partial charge in [-0.05, 0) is 97.1 Å². The first-order valence-corrected chi connectivity index (χ1v) is 23.9. The second kappa shape index (κ2) is 17.3. The Bertz CT molecular complexity index is 4230. The van der Waals surface area contributed by atoms with E-state index in [1.54, 1.807) is 24.3 Å². The number of carbonyl (C=O) groups excluding carboxylic acids is 4. The molecule has 16 heteroatoms. The van der Waals surface area contributed by atoms with E-state index >= 15 is 19.2 Å². The number of carbonyl (C=O) groups is 4. The summed E-state index contributed by atoms with van der Waals surface area (Å²) in [5.41, 5.74) is 28.5. The Balaban J connectivity index is 1.30. The van der Waals surface area contributed by atoms with Gasteiger partial charge in [0.2, 0.25) is 0 Å². The van der Waals surface area contributed by atoms with Gasteiger partial charge in [0.1, 0.15) is 22.6 Å². The Morgan fingerprint density at radius 1 is 0.289 bits per heavy atom. The summed E-state index contributed by atoms with van der Waals surface area (Å²) in [5.74, 6) is -2.01. The standard InChI is InChI=1S/C60H38N12O4/c61-33-21-13-29(14-22-33)49(73)43-44(50(74)30-15-23-34(62)24-16-30)46(52(76)32-19-27-36(64)28-20-32)48-47(45(43)51(75)31-17-25-35(63)26-18-31)59-70-57-41-11-5-3-9-39(41)55(68-57)66-53-37-7-1-2-8-38(37)54(65-53)67-56-40-10-4-6-12-42(40)58(69-56)71-60(48)72-59/h1-28H,61-64H2,(H2,65,66,67,68,69,70,71,72). The molecule has 76 heavy (non-hydrogen) atoms. The highest BCUT2D eigenvalue weighted by molar-refractivity contribution is 6.38. The van der Waals surface area contributed by atoms with Gasteiger partial charge in [-0.2, -0.15) is 0 Å². The van der Waals surface area contributed by atoms with Crippen LogP contribution in [-0.2, 0) is 0 Å². The Hall–Kier alpha value is -11.0. The van der Waals surface area contributed by atoms with Crippen LogP contribution in [0.2, 0.25) is 0 Å². The number of ketones is 4. The van der Waals surface area contributed by atoms with Gasteiger partial charge >= 0.3 is 0 Å². The highest BCUT2D eigenvalue weighted by atomic mass is 16.1. The second-order valence-electron chi connectivity index (χ2n) is 18.3. The summed E-state index contributed by atoms with van der Waals surface area (Å²) in [4.78, 5) is 101. The predicted octanol–water partition coefficient (Wildman–Crippen LogP) is 10.1. The minimum Gasteiger partial charge on any atom is -0.399 e.